The Morgan fingerprint density at radius 1 is 1.32 bits per heavy atom. The minimum Gasteiger partial charge on any atom is -0.397 e. The van der Waals surface area contributed by atoms with E-state index in [1.54, 1.807) is 0 Å². The highest BCUT2D eigenvalue weighted by atomic mass is 79.9. The first-order valence-corrected chi connectivity index (χ1v) is 7.85. The second-order valence-corrected chi connectivity index (χ2v) is 6.46. The molecule has 0 aliphatic rings. The molecule has 0 radical (unpaired) electrons. The van der Waals surface area contributed by atoms with Crippen LogP contribution in [0, 0.1) is 0 Å². The molecule has 0 saturated heterocycles. The lowest BCUT2D eigenvalue weighted by Crippen LogP contribution is -1.90. The van der Waals surface area contributed by atoms with Crippen molar-refractivity contribution in [2.75, 3.05) is 5.73 Å². The number of nitrogens with two attached hydrogens (primary N) is 1. The molecule has 19 heavy (non-hydrogen) atoms. The molecular weight excluding hydrogens is 322 g/mol. The third kappa shape index (κ3) is 2.82. The van der Waals surface area contributed by atoms with Crippen LogP contribution in [0.5, 0.6) is 0 Å². The fraction of sp³-hybridized carbons (Fsp3) is 0.214. The van der Waals surface area contributed by atoms with Gasteiger partial charge in [0.25, 0.3) is 0 Å². The first kappa shape index (κ1) is 12.7. The summed E-state index contributed by atoms with van der Waals surface area (Å²) in [6.45, 7) is 0. The summed E-state index contributed by atoms with van der Waals surface area (Å²) in [5.41, 5.74) is 8.55. The van der Waals surface area contributed by atoms with Gasteiger partial charge in [-0.3, -0.25) is 0 Å². The van der Waals surface area contributed by atoms with E-state index in [0.29, 0.717) is 5.69 Å². The first-order valence-electron chi connectivity index (χ1n) is 6.18. The summed E-state index contributed by atoms with van der Waals surface area (Å²) in [6, 6.07) is 8.18. The van der Waals surface area contributed by atoms with Crippen molar-refractivity contribution in [3.05, 3.63) is 44.8 Å². The lowest BCUT2D eigenvalue weighted by Gasteiger charge is -1.95. The number of aromatic nitrogens is 2. The van der Waals surface area contributed by atoms with Crippen LogP contribution in [0.3, 0.4) is 0 Å². The smallest absolute Gasteiger partial charge is 0.112 e. The number of anilines is 1. The van der Waals surface area contributed by atoms with Gasteiger partial charge in [0.15, 0.2) is 0 Å². The molecule has 0 aliphatic carbocycles. The number of nitrogen functional groups attached to an aromatic ring is 1. The molecule has 1 aromatic carbocycles. The quantitative estimate of drug-likeness (QED) is 0.704. The van der Waals surface area contributed by atoms with Crippen LogP contribution in [0.1, 0.15) is 17.1 Å². The summed E-state index contributed by atoms with van der Waals surface area (Å²) in [6.07, 6.45) is 3.15. The number of hydrogen-bond acceptors (Lipinski definition) is 3. The highest BCUT2D eigenvalue weighted by molar-refractivity contribution is 9.10. The zero-order valence-electron chi connectivity index (χ0n) is 10.3. The SMILES string of the molecule is Nc1cc(Br)cc2[nH]c(CCCc3cccs3)nc12. The predicted octanol–water partition coefficient (Wildman–Crippen LogP) is 4.14. The molecule has 3 rings (SSSR count). The zero-order chi connectivity index (χ0) is 13.2. The Balaban J connectivity index is 1.73. The molecule has 0 saturated carbocycles. The van der Waals surface area contributed by atoms with Gasteiger partial charge in [-0.2, -0.15) is 0 Å². The molecule has 0 fully saturated rings. The summed E-state index contributed by atoms with van der Waals surface area (Å²) in [4.78, 5) is 9.34. The molecule has 0 aliphatic heterocycles. The number of nitrogens with zero attached hydrogens (tertiary/aromatic N) is 1. The van der Waals surface area contributed by atoms with E-state index in [1.165, 1.54) is 4.88 Å². The summed E-state index contributed by atoms with van der Waals surface area (Å²) in [5.74, 6) is 1.01. The van der Waals surface area contributed by atoms with E-state index in [1.807, 2.05) is 23.5 Å². The third-order valence-corrected chi connectivity index (χ3v) is 4.44. The van der Waals surface area contributed by atoms with Crippen LogP contribution in [-0.2, 0) is 12.8 Å². The van der Waals surface area contributed by atoms with Gasteiger partial charge in [-0.1, -0.05) is 22.0 Å². The number of benzene rings is 1. The van der Waals surface area contributed by atoms with Crippen molar-refractivity contribution in [2.24, 2.45) is 0 Å². The van der Waals surface area contributed by atoms with Gasteiger partial charge in [0.05, 0.1) is 11.2 Å². The largest absolute Gasteiger partial charge is 0.397 e. The summed E-state index contributed by atoms with van der Waals surface area (Å²) >= 11 is 5.26. The molecule has 3 aromatic rings. The highest BCUT2D eigenvalue weighted by Crippen LogP contribution is 2.24. The van der Waals surface area contributed by atoms with Crippen LogP contribution in [-0.4, -0.2) is 9.97 Å². The Labute approximate surface area is 124 Å². The number of hydrogen-bond donors (Lipinski definition) is 2. The van der Waals surface area contributed by atoms with Gasteiger partial charge < -0.3 is 10.7 Å². The Morgan fingerprint density at radius 3 is 3.00 bits per heavy atom. The van der Waals surface area contributed by atoms with Crippen molar-refractivity contribution >= 4 is 44.0 Å². The Kier molecular flexibility index (Phi) is 3.57. The maximum Gasteiger partial charge on any atom is 0.112 e. The van der Waals surface area contributed by atoms with Crippen LogP contribution < -0.4 is 5.73 Å². The van der Waals surface area contributed by atoms with Crippen molar-refractivity contribution in [3.8, 4) is 0 Å². The molecule has 98 valence electrons. The van der Waals surface area contributed by atoms with Crippen molar-refractivity contribution in [2.45, 2.75) is 19.3 Å². The predicted molar refractivity (Wildman–Crippen MR) is 84.6 cm³/mol. The molecule has 0 atom stereocenters. The number of thiophene rings is 1. The number of aryl methyl sites for hydroxylation is 2. The zero-order valence-corrected chi connectivity index (χ0v) is 12.7. The van der Waals surface area contributed by atoms with Crippen molar-refractivity contribution < 1.29 is 0 Å². The topological polar surface area (TPSA) is 54.7 Å². The molecule has 2 aromatic heterocycles. The number of rotatable bonds is 4. The van der Waals surface area contributed by atoms with Gasteiger partial charge >= 0.3 is 0 Å². The van der Waals surface area contributed by atoms with Gasteiger partial charge in [-0.05, 0) is 36.4 Å². The van der Waals surface area contributed by atoms with E-state index in [4.69, 9.17) is 5.73 Å². The average Bonchev–Trinajstić information content (AvgIpc) is 2.98. The maximum atomic E-state index is 5.97. The second kappa shape index (κ2) is 5.35. The van der Waals surface area contributed by atoms with Crippen LogP contribution >= 0.6 is 27.3 Å². The van der Waals surface area contributed by atoms with Gasteiger partial charge in [0.2, 0.25) is 0 Å². The van der Waals surface area contributed by atoms with E-state index >= 15 is 0 Å². The molecule has 0 amide bonds. The Morgan fingerprint density at radius 2 is 2.21 bits per heavy atom. The molecular formula is C14H14BrN3S. The van der Waals surface area contributed by atoms with Crippen molar-refractivity contribution in [3.63, 3.8) is 0 Å². The van der Waals surface area contributed by atoms with Crippen LogP contribution in [0.15, 0.2) is 34.1 Å². The maximum absolute atomic E-state index is 5.97. The second-order valence-electron chi connectivity index (χ2n) is 4.51. The normalized spacial score (nSPS) is 11.2. The third-order valence-electron chi connectivity index (χ3n) is 3.05. The molecule has 5 heteroatoms. The minimum absolute atomic E-state index is 0.713. The number of nitrogens with one attached hydrogen (secondary N) is 1. The monoisotopic (exact) mass is 335 g/mol. The van der Waals surface area contributed by atoms with Gasteiger partial charge in [0.1, 0.15) is 11.3 Å². The number of fused-ring (bicyclic) bond motifs is 1. The van der Waals surface area contributed by atoms with Crippen LogP contribution in [0.4, 0.5) is 5.69 Å². The van der Waals surface area contributed by atoms with E-state index in [9.17, 15) is 0 Å². The summed E-state index contributed by atoms with van der Waals surface area (Å²) in [7, 11) is 0. The average molecular weight is 336 g/mol. The molecule has 0 unspecified atom stereocenters. The number of aromatic amines is 1. The van der Waals surface area contributed by atoms with E-state index in [0.717, 1.165) is 40.6 Å². The summed E-state index contributed by atoms with van der Waals surface area (Å²) < 4.78 is 0.978. The van der Waals surface area contributed by atoms with Gasteiger partial charge in [-0.25, -0.2) is 4.98 Å². The fourth-order valence-electron chi connectivity index (χ4n) is 2.16. The fourth-order valence-corrected chi connectivity index (χ4v) is 3.39. The molecule has 3 nitrogen and oxygen atoms in total. The van der Waals surface area contributed by atoms with E-state index in [-0.39, 0.29) is 0 Å². The Bertz CT molecular complexity index is 688. The lowest BCUT2D eigenvalue weighted by molar-refractivity contribution is 0.793. The lowest BCUT2D eigenvalue weighted by atomic mass is 10.2. The standard InChI is InChI=1S/C14H14BrN3S/c15-9-7-11(16)14-12(8-9)17-13(18-14)5-1-3-10-4-2-6-19-10/h2,4,6-8H,1,3,5,16H2,(H,17,18). The van der Waals surface area contributed by atoms with Gasteiger partial charge in [0, 0.05) is 15.8 Å². The van der Waals surface area contributed by atoms with E-state index in [2.05, 4.69) is 43.4 Å². The molecule has 3 N–H and O–H groups in total. The number of halogens is 1. The number of H-pyrrole nitrogens is 1. The van der Waals surface area contributed by atoms with Crippen LogP contribution in [0.2, 0.25) is 0 Å². The highest BCUT2D eigenvalue weighted by Gasteiger charge is 2.07. The minimum atomic E-state index is 0.713. The summed E-state index contributed by atoms with van der Waals surface area (Å²) in [5, 5.41) is 2.12. The van der Waals surface area contributed by atoms with Crippen molar-refractivity contribution in [1.29, 1.82) is 0 Å². The van der Waals surface area contributed by atoms with Crippen LogP contribution in [0.25, 0.3) is 11.0 Å². The number of imidazole rings is 1. The van der Waals surface area contributed by atoms with Crippen molar-refractivity contribution in [1.82, 2.24) is 9.97 Å². The van der Waals surface area contributed by atoms with E-state index < -0.39 is 0 Å². The first-order chi connectivity index (χ1) is 9.22. The molecule has 0 spiro atoms. The molecule has 2 heterocycles. The molecule has 0 bridgehead atoms. The Hall–Kier alpha value is -1.33. The van der Waals surface area contributed by atoms with Gasteiger partial charge in [-0.15, -0.1) is 11.3 Å².